The van der Waals surface area contributed by atoms with E-state index in [1.807, 2.05) is 0 Å². The summed E-state index contributed by atoms with van der Waals surface area (Å²) >= 11 is -1.42. The molecular weight excluding hydrogens is 468 g/mol. The molecule has 4 bridgehead atoms. The lowest BCUT2D eigenvalue weighted by Gasteiger charge is -2.69. The van der Waals surface area contributed by atoms with Crippen LogP contribution in [0, 0.1) is 16.2 Å². The lowest BCUT2D eigenvalue weighted by molar-refractivity contribution is -0.309. The quantitative estimate of drug-likeness (QED) is 0.429. The standard InChI is InChI=1S/C23H26O8.H2O2S/c24-10-23(15(25)5-20-8-22(23,9-20)31-12-20)21-6-19(7-21,11-30-21)4-13-2-1-3-14(17(26)27)16(13)18(28)29;1-3-2/h1-3,15,24-25H,4-12H2,(H,26,27)(H,28,29);3H2. The van der Waals surface area contributed by atoms with Gasteiger partial charge in [0.15, 0.2) is 0 Å². The molecule has 2 unspecified atom stereocenters. The summed E-state index contributed by atoms with van der Waals surface area (Å²) in [5.74, 6) is -2.52. The van der Waals surface area contributed by atoms with E-state index in [-0.39, 0.29) is 28.6 Å². The Morgan fingerprint density at radius 2 is 1.62 bits per heavy atom. The summed E-state index contributed by atoms with van der Waals surface area (Å²) in [4.78, 5) is 23.4. The SMILES string of the molecule is O=C(O)c1cccc(CC23COC(C4(CO)C(O)CC56COC4(C5)C6)(C2)C3)c1C(=O)O.O=[SH2]=O. The molecule has 0 amide bonds. The van der Waals surface area contributed by atoms with Gasteiger partial charge in [0.05, 0.1) is 53.7 Å². The van der Waals surface area contributed by atoms with Crippen LogP contribution in [-0.4, -0.2) is 77.9 Å². The van der Waals surface area contributed by atoms with Gasteiger partial charge in [0, 0.05) is 10.8 Å². The third kappa shape index (κ3) is 2.78. The molecule has 4 heterocycles. The van der Waals surface area contributed by atoms with E-state index in [0.717, 1.165) is 12.8 Å². The van der Waals surface area contributed by atoms with Gasteiger partial charge in [-0.2, -0.15) is 0 Å². The van der Waals surface area contributed by atoms with Gasteiger partial charge in [-0.1, -0.05) is 12.1 Å². The molecule has 4 saturated carbocycles. The van der Waals surface area contributed by atoms with Crippen molar-refractivity contribution in [3.63, 3.8) is 0 Å². The number of ether oxygens (including phenoxy) is 2. The van der Waals surface area contributed by atoms with Crippen LogP contribution in [0.4, 0.5) is 0 Å². The number of aromatic carboxylic acids is 2. The van der Waals surface area contributed by atoms with Crippen molar-refractivity contribution in [3.05, 3.63) is 34.9 Å². The molecule has 11 heteroatoms. The maximum Gasteiger partial charge on any atom is 0.336 e. The van der Waals surface area contributed by atoms with Gasteiger partial charge in [-0.15, -0.1) is 0 Å². The van der Waals surface area contributed by atoms with Crippen LogP contribution in [0.2, 0.25) is 0 Å². The zero-order chi connectivity index (χ0) is 24.6. The van der Waals surface area contributed by atoms with Gasteiger partial charge < -0.3 is 29.9 Å². The highest BCUT2D eigenvalue weighted by molar-refractivity contribution is 7.51. The minimum absolute atomic E-state index is 0.0435. The molecule has 8 aliphatic rings. The van der Waals surface area contributed by atoms with Crippen LogP contribution in [0.15, 0.2) is 18.2 Å². The lowest BCUT2D eigenvalue weighted by Crippen LogP contribution is -2.78. The molecule has 0 spiro atoms. The number of aliphatic hydroxyl groups is 2. The summed E-state index contributed by atoms with van der Waals surface area (Å²) in [5, 5.41) is 40.8. The van der Waals surface area contributed by atoms with Crippen molar-refractivity contribution in [1.82, 2.24) is 0 Å². The van der Waals surface area contributed by atoms with Crippen LogP contribution in [0.25, 0.3) is 0 Å². The van der Waals surface area contributed by atoms with Gasteiger partial charge in [0.2, 0.25) is 0 Å². The van der Waals surface area contributed by atoms with E-state index in [2.05, 4.69) is 0 Å². The smallest absolute Gasteiger partial charge is 0.336 e. The van der Waals surface area contributed by atoms with Crippen molar-refractivity contribution in [2.45, 2.75) is 55.8 Å². The monoisotopic (exact) mass is 496 g/mol. The van der Waals surface area contributed by atoms with Gasteiger partial charge in [-0.25, -0.2) is 18.0 Å². The normalized spacial score (nSPS) is 42.7. The Morgan fingerprint density at radius 1 is 1.00 bits per heavy atom. The van der Waals surface area contributed by atoms with Gasteiger partial charge in [-0.05, 0) is 50.2 Å². The number of carboxylic acids is 2. The molecule has 4 N–H and O–H groups in total. The van der Waals surface area contributed by atoms with Crippen LogP contribution in [0.3, 0.4) is 0 Å². The summed E-state index contributed by atoms with van der Waals surface area (Å²) in [6.07, 6.45) is 3.16. The molecule has 4 aliphatic heterocycles. The second-order valence-corrected chi connectivity index (χ2v) is 11.0. The van der Waals surface area contributed by atoms with E-state index < -0.39 is 46.2 Å². The second-order valence-electron chi connectivity index (χ2n) is 10.8. The van der Waals surface area contributed by atoms with Gasteiger partial charge in [0.1, 0.15) is 11.6 Å². The Balaban J connectivity index is 0.000000764. The zero-order valence-corrected chi connectivity index (χ0v) is 19.4. The lowest BCUT2D eigenvalue weighted by atomic mass is 9.36. The highest BCUT2D eigenvalue weighted by Crippen LogP contribution is 2.79. The molecule has 186 valence electrons. The van der Waals surface area contributed by atoms with E-state index in [4.69, 9.17) is 17.9 Å². The molecule has 4 saturated heterocycles. The number of benzene rings is 1. The third-order valence-electron chi connectivity index (χ3n) is 9.18. The molecule has 8 fully saturated rings. The predicted molar refractivity (Wildman–Crippen MR) is 117 cm³/mol. The van der Waals surface area contributed by atoms with Crippen molar-refractivity contribution < 1.29 is 47.9 Å². The van der Waals surface area contributed by atoms with Crippen LogP contribution in [0.5, 0.6) is 0 Å². The first-order valence-corrected chi connectivity index (χ1v) is 12.0. The number of carbonyl (C=O) groups is 2. The molecule has 1 aromatic rings. The summed E-state index contributed by atoms with van der Waals surface area (Å²) in [5.41, 5.74) is -2.34. The summed E-state index contributed by atoms with van der Waals surface area (Å²) in [6.45, 7) is 0.797. The van der Waals surface area contributed by atoms with Crippen LogP contribution in [0.1, 0.15) is 58.4 Å². The highest BCUT2D eigenvalue weighted by atomic mass is 32.1. The van der Waals surface area contributed by atoms with Crippen molar-refractivity contribution >= 4 is 23.5 Å². The number of rotatable bonds is 6. The second kappa shape index (κ2) is 7.47. The summed E-state index contributed by atoms with van der Waals surface area (Å²) < 4.78 is 29.4. The average molecular weight is 497 g/mol. The van der Waals surface area contributed by atoms with Crippen molar-refractivity contribution in [1.29, 1.82) is 0 Å². The van der Waals surface area contributed by atoms with E-state index in [1.54, 1.807) is 12.1 Å². The third-order valence-corrected chi connectivity index (χ3v) is 9.18. The fourth-order valence-corrected chi connectivity index (χ4v) is 8.16. The van der Waals surface area contributed by atoms with E-state index in [1.165, 1.54) is 6.07 Å². The maximum atomic E-state index is 11.8. The topological polar surface area (TPSA) is 168 Å². The van der Waals surface area contributed by atoms with E-state index >= 15 is 0 Å². The molecular formula is C23H28O10S. The Hall–Kier alpha value is -2.05. The van der Waals surface area contributed by atoms with E-state index in [0.29, 0.717) is 44.5 Å². The van der Waals surface area contributed by atoms with Crippen molar-refractivity contribution in [3.8, 4) is 0 Å². The highest BCUT2D eigenvalue weighted by Gasteiger charge is 2.85. The minimum atomic E-state index is -1.42. The number of hydrogen-bond acceptors (Lipinski definition) is 8. The molecule has 4 aliphatic carbocycles. The van der Waals surface area contributed by atoms with Gasteiger partial charge in [-0.3, -0.25) is 0 Å². The van der Waals surface area contributed by atoms with Crippen molar-refractivity contribution in [2.75, 3.05) is 19.8 Å². The van der Waals surface area contributed by atoms with Crippen LogP contribution < -0.4 is 0 Å². The summed E-state index contributed by atoms with van der Waals surface area (Å²) in [7, 11) is 0. The molecule has 1 aromatic carbocycles. The Labute approximate surface area is 198 Å². The largest absolute Gasteiger partial charge is 0.478 e. The zero-order valence-electron chi connectivity index (χ0n) is 18.4. The first-order valence-electron chi connectivity index (χ1n) is 11.2. The molecule has 0 radical (unpaired) electrons. The number of fused-ring (bicyclic) bond motifs is 4. The fourth-order valence-electron chi connectivity index (χ4n) is 8.16. The average Bonchev–Trinajstić information content (AvgIpc) is 3.46. The Morgan fingerprint density at radius 3 is 2.21 bits per heavy atom. The van der Waals surface area contributed by atoms with Crippen molar-refractivity contribution in [2.24, 2.45) is 16.2 Å². The molecule has 0 aromatic heterocycles. The Kier molecular flexibility index (Phi) is 5.21. The van der Waals surface area contributed by atoms with Crippen LogP contribution >= 0.6 is 0 Å². The molecule has 34 heavy (non-hydrogen) atoms. The number of hydrogen-bond donors (Lipinski definition) is 4. The molecule has 9 rings (SSSR count). The maximum absolute atomic E-state index is 11.8. The first kappa shape index (κ1) is 23.7. The molecule has 2 atom stereocenters. The number of carboxylic acid groups (broad SMARTS) is 2. The van der Waals surface area contributed by atoms with Gasteiger partial charge >= 0.3 is 11.9 Å². The summed E-state index contributed by atoms with van der Waals surface area (Å²) in [6, 6.07) is 4.55. The minimum Gasteiger partial charge on any atom is -0.478 e. The predicted octanol–water partition coefficient (Wildman–Crippen LogP) is 0.262. The Bertz CT molecular complexity index is 1100. The van der Waals surface area contributed by atoms with Gasteiger partial charge in [0.25, 0.3) is 0 Å². The van der Waals surface area contributed by atoms with E-state index in [9.17, 15) is 30.0 Å². The number of aliphatic hydroxyl groups excluding tert-OH is 2. The first-order chi connectivity index (χ1) is 16.1. The molecule has 10 nitrogen and oxygen atoms in total. The fraction of sp³-hybridized carbons (Fsp3) is 0.652. The van der Waals surface area contributed by atoms with Crippen LogP contribution in [-0.2, 0) is 27.5 Å².